The third-order valence-corrected chi connectivity index (χ3v) is 4.48. The summed E-state index contributed by atoms with van der Waals surface area (Å²) in [5.74, 6) is 0.598. The number of benzene rings is 2. The Morgan fingerprint density at radius 3 is 2.65 bits per heavy atom. The summed E-state index contributed by atoms with van der Waals surface area (Å²) in [5, 5.41) is 12.8. The minimum absolute atomic E-state index is 0.404. The summed E-state index contributed by atoms with van der Waals surface area (Å²) in [4.78, 5) is 2.14. The van der Waals surface area contributed by atoms with Gasteiger partial charge in [0.25, 0.3) is 0 Å². The van der Waals surface area contributed by atoms with Gasteiger partial charge in [-0.2, -0.15) is 0 Å². The largest absolute Gasteiger partial charge is 0.329 e. The highest BCUT2D eigenvalue weighted by atomic mass is 35.5. The first-order valence-corrected chi connectivity index (χ1v) is 7.08. The lowest BCUT2D eigenvalue weighted by Gasteiger charge is -2.34. The molecular formula is C16H14ClN3. The van der Waals surface area contributed by atoms with Crippen molar-refractivity contribution in [2.75, 3.05) is 13.1 Å². The molecule has 2 heterocycles. The van der Waals surface area contributed by atoms with Gasteiger partial charge in [-0.3, -0.25) is 10.7 Å². The summed E-state index contributed by atoms with van der Waals surface area (Å²) in [6.45, 7) is 1.72. The molecule has 4 rings (SSSR count). The molecule has 1 unspecified atom stereocenters. The predicted molar refractivity (Wildman–Crippen MR) is 80.2 cm³/mol. The molecular weight excluding hydrogens is 270 g/mol. The molecule has 1 fully saturated rings. The summed E-state index contributed by atoms with van der Waals surface area (Å²) in [6, 6.07) is 16.1. The molecule has 20 heavy (non-hydrogen) atoms. The second-order valence-corrected chi connectivity index (χ2v) is 5.63. The number of halogens is 1. The minimum atomic E-state index is -0.404. The van der Waals surface area contributed by atoms with Gasteiger partial charge < -0.3 is 4.90 Å². The monoisotopic (exact) mass is 283 g/mol. The Morgan fingerprint density at radius 2 is 1.85 bits per heavy atom. The van der Waals surface area contributed by atoms with Crippen LogP contribution < -0.4 is 5.32 Å². The summed E-state index contributed by atoms with van der Waals surface area (Å²) >= 11 is 6.01. The second kappa shape index (κ2) is 4.08. The third kappa shape index (κ3) is 1.37. The molecule has 3 nitrogen and oxygen atoms in total. The third-order valence-electron chi connectivity index (χ3n) is 4.23. The lowest BCUT2D eigenvalue weighted by Crippen LogP contribution is -2.46. The smallest absolute Gasteiger partial charge is 0.145 e. The fraction of sp³-hybridized carbons (Fsp3) is 0.188. The molecule has 2 aromatic carbocycles. The van der Waals surface area contributed by atoms with E-state index in [4.69, 9.17) is 17.0 Å². The van der Waals surface area contributed by atoms with Crippen molar-refractivity contribution in [3.8, 4) is 0 Å². The molecule has 0 aromatic heterocycles. The highest BCUT2D eigenvalue weighted by Crippen LogP contribution is 2.44. The zero-order valence-electron chi connectivity index (χ0n) is 10.9. The molecule has 2 aliphatic rings. The van der Waals surface area contributed by atoms with Gasteiger partial charge in [0, 0.05) is 29.2 Å². The predicted octanol–water partition coefficient (Wildman–Crippen LogP) is 2.79. The lowest BCUT2D eigenvalue weighted by atomic mass is 9.91. The Labute approximate surface area is 122 Å². The van der Waals surface area contributed by atoms with Crippen molar-refractivity contribution in [1.82, 2.24) is 10.2 Å². The van der Waals surface area contributed by atoms with Crippen LogP contribution in [-0.2, 0) is 5.66 Å². The number of hydrogen-bond acceptors (Lipinski definition) is 2. The van der Waals surface area contributed by atoms with Gasteiger partial charge in [0.15, 0.2) is 0 Å². The Bertz CT molecular complexity index is 695. The molecule has 2 aliphatic heterocycles. The van der Waals surface area contributed by atoms with Crippen molar-refractivity contribution >= 4 is 17.4 Å². The zero-order valence-corrected chi connectivity index (χ0v) is 11.6. The van der Waals surface area contributed by atoms with Crippen LogP contribution in [0.4, 0.5) is 0 Å². The SMILES string of the molecule is N=C1c2ccccc2C2(c3ccc(Cl)cc3)NCCN12. The minimum Gasteiger partial charge on any atom is -0.329 e. The van der Waals surface area contributed by atoms with Crippen LogP contribution in [0.1, 0.15) is 16.7 Å². The van der Waals surface area contributed by atoms with Crippen molar-refractivity contribution < 1.29 is 0 Å². The van der Waals surface area contributed by atoms with Gasteiger partial charge in [-0.1, -0.05) is 48.0 Å². The molecule has 4 heteroatoms. The highest BCUT2D eigenvalue weighted by molar-refractivity contribution is 6.30. The van der Waals surface area contributed by atoms with E-state index in [9.17, 15) is 0 Å². The van der Waals surface area contributed by atoms with Gasteiger partial charge in [0.1, 0.15) is 11.5 Å². The van der Waals surface area contributed by atoms with E-state index in [0.717, 1.165) is 34.8 Å². The molecule has 0 radical (unpaired) electrons. The summed E-state index contributed by atoms with van der Waals surface area (Å²) in [5.41, 5.74) is 2.90. The molecule has 0 saturated carbocycles. The Morgan fingerprint density at radius 1 is 1.10 bits per heavy atom. The van der Waals surface area contributed by atoms with Gasteiger partial charge in [-0.15, -0.1) is 0 Å². The first-order valence-electron chi connectivity index (χ1n) is 6.70. The lowest BCUT2D eigenvalue weighted by molar-refractivity contribution is 0.276. The molecule has 0 aliphatic carbocycles. The van der Waals surface area contributed by atoms with E-state index in [-0.39, 0.29) is 0 Å². The molecule has 1 saturated heterocycles. The van der Waals surface area contributed by atoms with E-state index >= 15 is 0 Å². The van der Waals surface area contributed by atoms with Crippen LogP contribution >= 0.6 is 11.6 Å². The van der Waals surface area contributed by atoms with E-state index in [1.165, 1.54) is 0 Å². The average Bonchev–Trinajstić information content (AvgIpc) is 3.01. The molecule has 0 spiro atoms. The van der Waals surface area contributed by atoms with E-state index < -0.39 is 5.66 Å². The maximum Gasteiger partial charge on any atom is 0.145 e. The van der Waals surface area contributed by atoms with E-state index in [1.54, 1.807) is 0 Å². The molecule has 2 N–H and O–H groups in total. The van der Waals surface area contributed by atoms with E-state index in [1.807, 2.05) is 42.5 Å². The van der Waals surface area contributed by atoms with Crippen LogP contribution in [0.5, 0.6) is 0 Å². The van der Waals surface area contributed by atoms with Crippen LogP contribution in [0.2, 0.25) is 5.02 Å². The fourth-order valence-corrected chi connectivity index (χ4v) is 3.51. The van der Waals surface area contributed by atoms with Gasteiger partial charge in [0.2, 0.25) is 0 Å². The number of nitrogens with zero attached hydrogens (tertiary/aromatic N) is 1. The van der Waals surface area contributed by atoms with E-state index in [0.29, 0.717) is 5.84 Å². The first-order chi connectivity index (χ1) is 9.73. The van der Waals surface area contributed by atoms with Crippen molar-refractivity contribution in [3.05, 3.63) is 70.2 Å². The summed E-state index contributed by atoms with van der Waals surface area (Å²) < 4.78 is 0. The number of rotatable bonds is 1. The van der Waals surface area contributed by atoms with Crippen molar-refractivity contribution in [3.63, 3.8) is 0 Å². The van der Waals surface area contributed by atoms with Crippen LogP contribution in [0.25, 0.3) is 0 Å². The van der Waals surface area contributed by atoms with Crippen LogP contribution in [-0.4, -0.2) is 23.8 Å². The highest BCUT2D eigenvalue weighted by Gasteiger charge is 2.51. The number of amidine groups is 1. The molecule has 2 aromatic rings. The van der Waals surface area contributed by atoms with Crippen molar-refractivity contribution in [1.29, 1.82) is 5.41 Å². The fourth-order valence-electron chi connectivity index (χ4n) is 3.39. The van der Waals surface area contributed by atoms with Crippen LogP contribution in [0, 0.1) is 5.41 Å². The molecule has 1 atom stereocenters. The Kier molecular flexibility index (Phi) is 2.43. The van der Waals surface area contributed by atoms with Gasteiger partial charge >= 0.3 is 0 Å². The van der Waals surface area contributed by atoms with Crippen molar-refractivity contribution in [2.45, 2.75) is 5.66 Å². The van der Waals surface area contributed by atoms with Gasteiger partial charge in [0.05, 0.1) is 0 Å². The molecule has 0 bridgehead atoms. The quantitative estimate of drug-likeness (QED) is 0.845. The second-order valence-electron chi connectivity index (χ2n) is 5.19. The topological polar surface area (TPSA) is 39.1 Å². The maximum atomic E-state index is 8.43. The van der Waals surface area contributed by atoms with Gasteiger partial charge in [-0.05, 0) is 17.7 Å². The summed E-state index contributed by atoms with van der Waals surface area (Å²) in [7, 11) is 0. The zero-order chi connectivity index (χ0) is 13.7. The van der Waals surface area contributed by atoms with Crippen molar-refractivity contribution in [2.24, 2.45) is 0 Å². The standard InChI is InChI=1S/C16H14ClN3/c17-12-7-5-11(6-8-12)16-14-4-2-1-3-13(14)15(18)20(16)10-9-19-16/h1-8,18-19H,9-10H2. The Hall–Kier alpha value is -1.84. The number of nitrogens with one attached hydrogen (secondary N) is 2. The van der Waals surface area contributed by atoms with Crippen LogP contribution in [0.15, 0.2) is 48.5 Å². The van der Waals surface area contributed by atoms with Gasteiger partial charge in [-0.25, -0.2) is 0 Å². The van der Waals surface area contributed by atoms with E-state index in [2.05, 4.69) is 16.3 Å². The molecule has 0 amide bonds. The number of hydrogen-bond donors (Lipinski definition) is 2. The number of fused-ring (bicyclic) bond motifs is 3. The summed E-state index contributed by atoms with van der Waals surface area (Å²) in [6.07, 6.45) is 0. The van der Waals surface area contributed by atoms with Crippen LogP contribution in [0.3, 0.4) is 0 Å². The first kappa shape index (κ1) is 11.9. The Balaban J connectivity index is 1.99. The average molecular weight is 284 g/mol. The molecule has 100 valence electrons. The normalized spacial score (nSPS) is 23.9. The maximum absolute atomic E-state index is 8.43.